The highest BCUT2D eigenvalue weighted by Gasteiger charge is 2.43. The van der Waals surface area contributed by atoms with Crippen LogP contribution in [-0.4, -0.2) is 16.5 Å². The van der Waals surface area contributed by atoms with Gasteiger partial charge in [0.05, 0.1) is 16.8 Å². The molecule has 7 rings (SSSR count). The van der Waals surface area contributed by atoms with Crippen molar-refractivity contribution in [1.82, 2.24) is 4.67 Å². The largest absolute Gasteiger partial charge is 0.424 e. The lowest BCUT2D eigenvalue weighted by molar-refractivity contribution is 0.0856. The number of benzene rings is 4. The quantitative estimate of drug-likeness (QED) is 0.0482. The van der Waals surface area contributed by atoms with Crippen molar-refractivity contribution in [2.45, 2.75) is 94.4 Å². The molecule has 0 N–H and O–H groups in total. The van der Waals surface area contributed by atoms with Gasteiger partial charge in [-0.3, -0.25) is 9.59 Å². The number of carbonyl (C=O) groups is 2. The van der Waals surface area contributed by atoms with Crippen molar-refractivity contribution >= 4 is 46.2 Å². The molecule has 0 bridgehead atoms. The minimum absolute atomic E-state index is 0.103. The highest BCUT2D eigenvalue weighted by molar-refractivity contribution is 7.51. The molecule has 0 saturated heterocycles. The second kappa shape index (κ2) is 24.7. The molecular formula is C59H66N2O6P2. The molecule has 2 amide bonds. The summed E-state index contributed by atoms with van der Waals surface area (Å²) < 4.78 is 31.4. The lowest BCUT2D eigenvalue weighted by Gasteiger charge is -2.37. The molecule has 2 unspecified atom stereocenters. The Balaban J connectivity index is 0.00000386. The van der Waals surface area contributed by atoms with Crippen molar-refractivity contribution in [1.29, 1.82) is 0 Å². The van der Waals surface area contributed by atoms with Gasteiger partial charge in [0.25, 0.3) is 11.8 Å². The van der Waals surface area contributed by atoms with Crippen LogP contribution >= 0.6 is 17.1 Å². The normalized spacial score (nSPS) is 17.6. The van der Waals surface area contributed by atoms with Crippen LogP contribution in [0, 0.1) is 5.92 Å². The van der Waals surface area contributed by atoms with Crippen molar-refractivity contribution in [3.8, 4) is 17.2 Å². The van der Waals surface area contributed by atoms with Gasteiger partial charge in [0.1, 0.15) is 23.0 Å². The SMILES string of the molecule is C=C/C(OP1Oc2ccccc2C(=O)N1/C(=C/CC)C/C(=C\C)C(C)C)=C(\C1=C(C)CC=CC=C1)c1c(/C=C\C=C/C)cccc1OP1Oc2ccccc2C(=O)N1c1ccccc1C(C)C.CC. The molecular weight excluding hydrogens is 895 g/mol. The van der Waals surface area contributed by atoms with Gasteiger partial charge in [-0.15, -0.1) is 0 Å². The number of rotatable bonds is 16. The van der Waals surface area contributed by atoms with Gasteiger partial charge >= 0.3 is 17.1 Å². The first kappa shape index (κ1) is 51.9. The summed E-state index contributed by atoms with van der Waals surface area (Å²) in [5, 5.41) is 0. The first-order valence-corrected chi connectivity index (χ1v) is 26.2. The van der Waals surface area contributed by atoms with Crippen molar-refractivity contribution in [2.75, 3.05) is 4.67 Å². The number of allylic oxidation sites excluding steroid dienone is 14. The van der Waals surface area contributed by atoms with Gasteiger partial charge in [-0.1, -0.05) is 182 Å². The average Bonchev–Trinajstić information content (AvgIpc) is 3.57. The third-order valence-corrected chi connectivity index (χ3v) is 14.5. The van der Waals surface area contributed by atoms with Crippen molar-refractivity contribution < 1.29 is 27.7 Å². The fourth-order valence-corrected chi connectivity index (χ4v) is 11.1. The minimum Gasteiger partial charge on any atom is -0.422 e. The lowest BCUT2D eigenvalue weighted by atomic mass is 9.88. The Morgan fingerprint density at radius 1 is 0.826 bits per heavy atom. The summed E-state index contributed by atoms with van der Waals surface area (Å²) in [6.07, 6.45) is 24.0. The van der Waals surface area contributed by atoms with Gasteiger partial charge < -0.3 is 18.1 Å². The van der Waals surface area contributed by atoms with Crippen LogP contribution in [0.2, 0.25) is 0 Å². The highest BCUT2D eigenvalue weighted by atomic mass is 31.2. The number of carbonyl (C=O) groups excluding carboxylic acids is 2. The second-order valence-electron chi connectivity index (χ2n) is 16.8. The Morgan fingerprint density at radius 3 is 2.14 bits per heavy atom. The zero-order valence-corrected chi connectivity index (χ0v) is 43.5. The molecule has 2 aliphatic heterocycles. The van der Waals surface area contributed by atoms with E-state index in [0.717, 1.165) is 28.0 Å². The van der Waals surface area contributed by atoms with Gasteiger partial charge in [0, 0.05) is 23.3 Å². The molecule has 4 aromatic carbocycles. The van der Waals surface area contributed by atoms with Crippen LogP contribution in [0.4, 0.5) is 5.69 Å². The fourth-order valence-electron chi connectivity index (χ4n) is 8.18. The summed E-state index contributed by atoms with van der Waals surface area (Å²) in [4.78, 5) is 29.6. The Hall–Kier alpha value is -6.46. The van der Waals surface area contributed by atoms with Crippen molar-refractivity contribution in [2.24, 2.45) is 5.92 Å². The Bertz CT molecular complexity index is 2770. The molecule has 1 aliphatic carbocycles. The molecule has 8 nitrogen and oxygen atoms in total. The summed E-state index contributed by atoms with van der Waals surface area (Å²) >= 11 is 0. The highest BCUT2D eigenvalue weighted by Crippen LogP contribution is 2.58. The summed E-state index contributed by atoms with van der Waals surface area (Å²) in [5.41, 5.74) is 8.72. The number of para-hydroxylation sites is 3. The molecule has 69 heavy (non-hydrogen) atoms. The van der Waals surface area contributed by atoms with E-state index in [4.69, 9.17) is 18.1 Å². The first-order chi connectivity index (χ1) is 33.5. The van der Waals surface area contributed by atoms with Crippen LogP contribution in [0.5, 0.6) is 17.2 Å². The van der Waals surface area contributed by atoms with Gasteiger partial charge in [0.2, 0.25) is 0 Å². The molecule has 4 aromatic rings. The van der Waals surface area contributed by atoms with Crippen LogP contribution in [0.25, 0.3) is 11.6 Å². The zero-order valence-electron chi connectivity index (χ0n) is 41.7. The number of hydrogen-bond donors (Lipinski definition) is 0. The smallest absolute Gasteiger partial charge is 0.422 e. The van der Waals surface area contributed by atoms with E-state index in [9.17, 15) is 9.59 Å². The fraction of sp³-hybridized carbons (Fsp3) is 0.254. The molecule has 2 heterocycles. The molecule has 0 radical (unpaired) electrons. The summed E-state index contributed by atoms with van der Waals surface area (Å²) in [6, 6.07) is 28.4. The molecule has 0 fully saturated rings. The number of hydrogen-bond acceptors (Lipinski definition) is 6. The third kappa shape index (κ3) is 11.7. The van der Waals surface area contributed by atoms with Crippen molar-refractivity contribution in [3.63, 3.8) is 0 Å². The van der Waals surface area contributed by atoms with Gasteiger partial charge in [0.15, 0.2) is 0 Å². The minimum atomic E-state index is -2.16. The molecule has 2 atom stereocenters. The summed E-state index contributed by atoms with van der Waals surface area (Å²) in [6.45, 7) is 25.1. The van der Waals surface area contributed by atoms with Gasteiger partial charge in [-0.25, -0.2) is 9.34 Å². The van der Waals surface area contributed by atoms with Crippen molar-refractivity contribution in [3.05, 3.63) is 214 Å². The van der Waals surface area contributed by atoms with E-state index < -0.39 is 17.1 Å². The maximum atomic E-state index is 14.9. The number of anilines is 1. The van der Waals surface area contributed by atoms with Crippen LogP contribution in [-0.2, 0) is 4.52 Å². The Labute approximate surface area is 413 Å². The summed E-state index contributed by atoms with van der Waals surface area (Å²) in [5.74, 6) is 1.67. The van der Waals surface area contributed by atoms with Crippen LogP contribution in [0.15, 0.2) is 187 Å². The van der Waals surface area contributed by atoms with E-state index >= 15 is 0 Å². The first-order valence-electron chi connectivity index (χ1n) is 24.0. The van der Waals surface area contributed by atoms with Gasteiger partial charge in [-0.2, -0.15) is 0 Å². The maximum absolute atomic E-state index is 14.9. The predicted octanol–water partition coefficient (Wildman–Crippen LogP) is 17.6. The molecule has 0 saturated carbocycles. The summed E-state index contributed by atoms with van der Waals surface area (Å²) in [7, 11) is -4.30. The predicted molar refractivity (Wildman–Crippen MR) is 289 cm³/mol. The lowest BCUT2D eigenvalue weighted by Crippen LogP contribution is -2.34. The van der Waals surface area contributed by atoms with E-state index in [1.807, 2.05) is 137 Å². The molecule has 10 heteroatoms. The van der Waals surface area contributed by atoms with E-state index in [2.05, 4.69) is 72.4 Å². The van der Waals surface area contributed by atoms with E-state index in [1.54, 1.807) is 33.6 Å². The zero-order chi connectivity index (χ0) is 49.6. The molecule has 358 valence electrons. The number of amides is 2. The Morgan fingerprint density at radius 2 is 1.49 bits per heavy atom. The maximum Gasteiger partial charge on any atom is 0.424 e. The monoisotopic (exact) mass is 960 g/mol. The third-order valence-electron chi connectivity index (χ3n) is 11.6. The van der Waals surface area contributed by atoms with Crippen LogP contribution < -0.4 is 18.2 Å². The number of nitrogens with zero attached hydrogens (tertiary/aromatic N) is 2. The molecule has 0 spiro atoms. The number of fused-ring (bicyclic) bond motifs is 2. The molecule has 0 aromatic heterocycles. The van der Waals surface area contributed by atoms with Crippen LogP contribution in [0.3, 0.4) is 0 Å². The average molecular weight is 961 g/mol. The van der Waals surface area contributed by atoms with Crippen LogP contribution in [0.1, 0.15) is 132 Å². The molecule has 3 aliphatic rings. The van der Waals surface area contributed by atoms with E-state index in [1.165, 1.54) is 5.57 Å². The standard InChI is InChI=1S/C57H60N2O6P2.C2H6/c1-10-14-16-28-43-29-25-37-53(65-67-59(49-34-22-19-30-45(49)40(7)8)57(61)48-33-21-24-36-52(48)64-67)54(43)55(46-31-18-15-17-27-41(46)9)50(13-4)62-66-58(44(26-11-2)38-42(12-3)39(5)6)56(60)47-32-20-23-35-51(47)63-66;1-2/h10,12-26,28-37,39-40H,4,11,27,38H2,1-3,5-9H3;1-2H3/b14-10-,28-16-,42-12+,44-26+,55-50-;. The topological polar surface area (TPSA) is 77.5 Å². The van der Waals surface area contributed by atoms with E-state index in [-0.39, 0.29) is 23.7 Å². The Kier molecular flexibility index (Phi) is 18.6. The second-order valence-corrected chi connectivity index (χ2v) is 19.3. The van der Waals surface area contributed by atoms with Gasteiger partial charge in [-0.05, 0) is 105 Å². The van der Waals surface area contributed by atoms with E-state index in [0.29, 0.717) is 70.2 Å².